The third-order valence-electron chi connectivity index (χ3n) is 1.11. The summed E-state index contributed by atoms with van der Waals surface area (Å²) in [5.74, 6) is -0.611. The van der Waals surface area contributed by atoms with Crippen LogP contribution in [0.2, 0.25) is 0 Å². The Hall–Kier alpha value is -1.60. The minimum Gasteiger partial charge on any atom is -0.357 e. The smallest absolute Gasteiger partial charge is 0.357 e. The molecule has 0 aromatic heterocycles. The molecular weight excluding hydrogens is 128 g/mol. The molecule has 10 heavy (non-hydrogen) atoms. The van der Waals surface area contributed by atoms with Gasteiger partial charge in [-0.2, -0.15) is 5.11 Å². The molecule has 1 rings (SSSR count). The standard InChI is InChI=1S/C7H5N2O/c8-9-7(10)6-4-2-1-3-5-6/h1-5H. The van der Waals surface area contributed by atoms with Crippen LogP contribution in [0.1, 0.15) is 5.56 Å². The van der Waals surface area contributed by atoms with Crippen LogP contribution in [0.15, 0.2) is 30.3 Å². The van der Waals surface area contributed by atoms with Gasteiger partial charge in [-0.05, 0) is 12.1 Å². The van der Waals surface area contributed by atoms with E-state index >= 15 is 0 Å². The van der Waals surface area contributed by atoms with Crippen LogP contribution in [0, 0.1) is 0 Å². The third-order valence-corrected chi connectivity index (χ3v) is 1.11. The summed E-state index contributed by atoms with van der Waals surface area (Å²) in [7, 11) is 0. The van der Waals surface area contributed by atoms with E-state index < -0.39 is 5.90 Å². The zero-order chi connectivity index (χ0) is 7.40. The monoisotopic (exact) mass is 133 g/mol. The quantitative estimate of drug-likeness (QED) is 0.238. The SMILES string of the molecule is [N-]=[N+]=C([O])c1ccccc1. The summed E-state index contributed by atoms with van der Waals surface area (Å²) in [5, 5.41) is 10.6. The summed E-state index contributed by atoms with van der Waals surface area (Å²) < 4.78 is 0. The van der Waals surface area contributed by atoms with Crippen molar-refractivity contribution in [2.45, 2.75) is 0 Å². The molecule has 0 amide bonds. The first-order valence-electron chi connectivity index (χ1n) is 2.79. The van der Waals surface area contributed by atoms with E-state index in [9.17, 15) is 5.11 Å². The molecule has 0 saturated heterocycles. The van der Waals surface area contributed by atoms with Crippen LogP contribution in [0.25, 0.3) is 5.53 Å². The summed E-state index contributed by atoms with van der Waals surface area (Å²) in [4.78, 5) is 2.52. The normalized spacial score (nSPS) is 8.40. The third kappa shape index (κ3) is 1.21. The van der Waals surface area contributed by atoms with E-state index in [4.69, 9.17) is 5.53 Å². The van der Waals surface area contributed by atoms with Crippen LogP contribution in [-0.4, -0.2) is 10.7 Å². The van der Waals surface area contributed by atoms with Crippen molar-refractivity contribution >= 4 is 5.90 Å². The van der Waals surface area contributed by atoms with Crippen LogP contribution in [0.4, 0.5) is 0 Å². The Morgan fingerprint density at radius 2 is 1.90 bits per heavy atom. The van der Waals surface area contributed by atoms with Crippen molar-refractivity contribution in [2.24, 2.45) is 0 Å². The summed E-state index contributed by atoms with van der Waals surface area (Å²) in [6, 6.07) is 8.37. The maximum Gasteiger partial charge on any atom is 0.522 e. The van der Waals surface area contributed by atoms with Crippen molar-refractivity contribution < 1.29 is 9.90 Å². The second-order valence-corrected chi connectivity index (χ2v) is 1.77. The van der Waals surface area contributed by atoms with E-state index in [0.717, 1.165) is 0 Å². The van der Waals surface area contributed by atoms with E-state index in [1.54, 1.807) is 30.3 Å². The van der Waals surface area contributed by atoms with Crippen molar-refractivity contribution in [1.82, 2.24) is 0 Å². The Bertz CT molecular complexity index is 262. The highest BCUT2D eigenvalue weighted by atomic mass is 16.3. The molecular formula is C7H5N2O. The molecule has 3 heteroatoms. The molecule has 0 spiro atoms. The van der Waals surface area contributed by atoms with E-state index in [1.807, 2.05) is 0 Å². The number of nitrogens with zero attached hydrogens (tertiary/aromatic N) is 2. The topological polar surface area (TPSA) is 56.3 Å². The van der Waals surface area contributed by atoms with Crippen LogP contribution in [0.3, 0.4) is 0 Å². The molecule has 0 aliphatic heterocycles. The van der Waals surface area contributed by atoms with E-state index in [2.05, 4.69) is 4.79 Å². The lowest BCUT2D eigenvalue weighted by atomic mass is 10.2. The van der Waals surface area contributed by atoms with Crippen LogP contribution in [0.5, 0.6) is 0 Å². The van der Waals surface area contributed by atoms with Gasteiger partial charge in [0, 0.05) is 0 Å². The first-order chi connectivity index (χ1) is 4.84. The molecule has 0 N–H and O–H groups in total. The van der Waals surface area contributed by atoms with E-state index in [1.165, 1.54) is 0 Å². The van der Waals surface area contributed by atoms with Crippen molar-refractivity contribution in [3.63, 3.8) is 0 Å². The predicted octanol–water partition coefficient (Wildman–Crippen LogP) is 1.09. The highest BCUT2D eigenvalue weighted by Gasteiger charge is 2.08. The van der Waals surface area contributed by atoms with Gasteiger partial charge < -0.3 is 5.53 Å². The number of hydrogen-bond acceptors (Lipinski definition) is 0. The molecule has 0 unspecified atom stereocenters. The molecule has 49 valence electrons. The van der Waals surface area contributed by atoms with Gasteiger partial charge in [0.05, 0.1) is 0 Å². The van der Waals surface area contributed by atoms with Crippen LogP contribution < -0.4 is 0 Å². The highest BCUT2D eigenvalue weighted by Crippen LogP contribution is 1.96. The summed E-state index contributed by atoms with van der Waals surface area (Å²) in [5.41, 5.74) is 8.46. The molecule has 0 aliphatic carbocycles. The zero-order valence-electron chi connectivity index (χ0n) is 5.19. The average molecular weight is 133 g/mol. The van der Waals surface area contributed by atoms with E-state index in [0.29, 0.717) is 5.56 Å². The van der Waals surface area contributed by atoms with Gasteiger partial charge in [0.2, 0.25) is 0 Å². The molecule has 0 atom stereocenters. The second kappa shape index (κ2) is 2.80. The molecule has 1 aromatic rings. The van der Waals surface area contributed by atoms with Gasteiger partial charge in [0.1, 0.15) is 5.56 Å². The Labute approximate surface area is 58.2 Å². The van der Waals surface area contributed by atoms with Gasteiger partial charge >= 0.3 is 5.90 Å². The fourth-order valence-electron chi connectivity index (χ4n) is 0.638. The average Bonchev–Trinajstić information content (AvgIpc) is 2.05. The van der Waals surface area contributed by atoms with Crippen LogP contribution in [-0.2, 0) is 5.11 Å². The van der Waals surface area contributed by atoms with Crippen LogP contribution >= 0.6 is 0 Å². The lowest BCUT2D eigenvalue weighted by Gasteiger charge is -1.82. The van der Waals surface area contributed by atoms with Crippen molar-refractivity contribution in [3.05, 3.63) is 41.4 Å². The van der Waals surface area contributed by atoms with E-state index in [-0.39, 0.29) is 0 Å². The first kappa shape index (κ1) is 6.52. The molecule has 0 fully saturated rings. The Morgan fingerprint density at radius 1 is 1.30 bits per heavy atom. The Balaban J connectivity index is 3.08. The van der Waals surface area contributed by atoms with Gasteiger partial charge in [-0.3, -0.25) is 0 Å². The zero-order valence-corrected chi connectivity index (χ0v) is 5.19. The summed E-state index contributed by atoms with van der Waals surface area (Å²) in [6.07, 6.45) is 0. The molecule has 0 bridgehead atoms. The number of rotatable bonds is 1. The fourth-order valence-corrected chi connectivity index (χ4v) is 0.638. The van der Waals surface area contributed by atoms with Gasteiger partial charge in [-0.15, -0.1) is 4.79 Å². The van der Waals surface area contributed by atoms with Crippen molar-refractivity contribution in [3.8, 4) is 0 Å². The number of benzene rings is 1. The molecule has 0 aliphatic rings. The maximum absolute atomic E-state index is 10.6. The highest BCUT2D eigenvalue weighted by molar-refractivity contribution is 5.87. The lowest BCUT2D eigenvalue weighted by molar-refractivity contribution is -0.0360. The number of hydrogen-bond donors (Lipinski definition) is 0. The maximum atomic E-state index is 10.6. The largest absolute Gasteiger partial charge is 0.522 e. The summed E-state index contributed by atoms with van der Waals surface area (Å²) >= 11 is 0. The predicted molar refractivity (Wildman–Crippen MR) is 34.9 cm³/mol. The molecule has 1 aromatic carbocycles. The van der Waals surface area contributed by atoms with Crippen molar-refractivity contribution in [2.75, 3.05) is 0 Å². The molecule has 0 heterocycles. The fraction of sp³-hybridized carbons (Fsp3) is 0. The lowest BCUT2D eigenvalue weighted by Crippen LogP contribution is -1.95. The Kier molecular flexibility index (Phi) is 1.83. The molecule has 3 nitrogen and oxygen atoms in total. The summed E-state index contributed by atoms with van der Waals surface area (Å²) in [6.45, 7) is 0. The first-order valence-corrected chi connectivity index (χ1v) is 2.79. The Morgan fingerprint density at radius 3 is 2.40 bits per heavy atom. The minimum atomic E-state index is -0.611. The van der Waals surface area contributed by atoms with Gasteiger partial charge in [0.15, 0.2) is 0 Å². The van der Waals surface area contributed by atoms with Gasteiger partial charge in [-0.25, -0.2) is 0 Å². The van der Waals surface area contributed by atoms with Gasteiger partial charge in [0.25, 0.3) is 0 Å². The minimum absolute atomic E-state index is 0.394. The van der Waals surface area contributed by atoms with Crippen molar-refractivity contribution in [1.29, 1.82) is 0 Å². The second-order valence-electron chi connectivity index (χ2n) is 1.77. The molecule has 0 saturated carbocycles. The molecule has 1 radical (unpaired) electrons. The van der Waals surface area contributed by atoms with Gasteiger partial charge in [-0.1, -0.05) is 18.2 Å².